The van der Waals surface area contributed by atoms with Gasteiger partial charge in [0.1, 0.15) is 0 Å². The molecule has 1 aromatic heterocycles. The smallest absolute Gasteiger partial charge is 0.304 e. The highest BCUT2D eigenvalue weighted by atomic mass is 35.5. The van der Waals surface area contributed by atoms with Gasteiger partial charge in [-0.15, -0.1) is 0 Å². The van der Waals surface area contributed by atoms with E-state index in [0.717, 1.165) is 17.8 Å². The maximum absolute atomic E-state index is 10.7. The first-order chi connectivity index (χ1) is 8.86. The van der Waals surface area contributed by atoms with Crippen LogP contribution in [0.2, 0.25) is 5.02 Å². The third-order valence-corrected chi connectivity index (χ3v) is 3.64. The Morgan fingerprint density at radius 2 is 2.16 bits per heavy atom. The van der Waals surface area contributed by atoms with E-state index in [2.05, 4.69) is 10.00 Å². The molecule has 1 aromatic rings. The number of aromatic nitrogens is 2. The summed E-state index contributed by atoms with van der Waals surface area (Å²) in [5, 5.41) is 13.9. The summed E-state index contributed by atoms with van der Waals surface area (Å²) in [4.78, 5) is 12.8. The Labute approximate surface area is 119 Å². The van der Waals surface area contributed by atoms with E-state index in [-0.39, 0.29) is 12.5 Å². The lowest BCUT2D eigenvalue weighted by molar-refractivity contribution is -0.137. The Hall–Kier alpha value is -1.07. The molecule has 0 atom stereocenters. The molecule has 0 aliphatic rings. The normalized spacial score (nSPS) is 11.5. The highest BCUT2D eigenvalue weighted by Gasteiger charge is 2.18. The molecule has 0 aromatic carbocycles. The first kappa shape index (κ1) is 16.0. The SMILES string of the molecule is CCc1nn(C)c(CN(CCC(=O)O)C(C)C)c1Cl. The molecule has 0 unspecified atom stereocenters. The van der Waals surface area contributed by atoms with Gasteiger partial charge in [0.2, 0.25) is 0 Å². The van der Waals surface area contributed by atoms with Crippen LogP contribution in [0.25, 0.3) is 0 Å². The summed E-state index contributed by atoms with van der Waals surface area (Å²) < 4.78 is 1.79. The van der Waals surface area contributed by atoms with E-state index in [0.29, 0.717) is 18.1 Å². The molecule has 0 spiro atoms. The minimum atomic E-state index is -0.781. The summed E-state index contributed by atoms with van der Waals surface area (Å²) in [7, 11) is 1.87. The fourth-order valence-corrected chi connectivity index (χ4v) is 2.30. The Morgan fingerprint density at radius 1 is 1.53 bits per heavy atom. The standard InChI is InChI=1S/C13H22ClN3O2/c1-5-10-13(14)11(16(4)15-10)8-17(9(2)3)7-6-12(18)19/h9H,5-8H2,1-4H3,(H,18,19). The van der Waals surface area contributed by atoms with Crippen LogP contribution in [-0.4, -0.2) is 38.3 Å². The largest absolute Gasteiger partial charge is 0.481 e. The maximum atomic E-state index is 10.7. The van der Waals surface area contributed by atoms with Gasteiger partial charge in [0.15, 0.2) is 0 Å². The summed E-state index contributed by atoms with van der Waals surface area (Å²) in [6, 6.07) is 0.260. The van der Waals surface area contributed by atoms with Crippen molar-refractivity contribution in [1.29, 1.82) is 0 Å². The van der Waals surface area contributed by atoms with Gasteiger partial charge < -0.3 is 5.11 Å². The van der Waals surface area contributed by atoms with Gasteiger partial charge in [-0.3, -0.25) is 14.4 Å². The number of carboxylic acid groups (broad SMARTS) is 1. The first-order valence-electron chi connectivity index (χ1n) is 6.52. The monoisotopic (exact) mass is 287 g/mol. The predicted molar refractivity (Wildman–Crippen MR) is 75.4 cm³/mol. The molecule has 0 fully saturated rings. The molecular weight excluding hydrogens is 266 g/mol. The van der Waals surface area contributed by atoms with E-state index in [9.17, 15) is 4.79 Å². The molecule has 0 amide bonds. The van der Waals surface area contributed by atoms with Crippen molar-refractivity contribution in [3.63, 3.8) is 0 Å². The fourth-order valence-electron chi connectivity index (χ4n) is 1.94. The van der Waals surface area contributed by atoms with Crippen LogP contribution in [0.5, 0.6) is 0 Å². The second-order valence-electron chi connectivity index (χ2n) is 4.89. The number of nitrogens with zero attached hydrogens (tertiary/aromatic N) is 3. The molecule has 0 bridgehead atoms. The number of carboxylic acids is 1. The van der Waals surface area contributed by atoms with Crippen LogP contribution in [0.3, 0.4) is 0 Å². The van der Waals surface area contributed by atoms with Gasteiger partial charge >= 0.3 is 5.97 Å². The second kappa shape index (κ2) is 6.91. The van der Waals surface area contributed by atoms with Crippen molar-refractivity contribution in [2.75, 3.05) is 6.54 Å². The van der Waals surface area contributed by atoms with Gasteiger partial charge in [-0.25, -0.2) is 0 Å². The lowest BCUT2D eigenvalue weighted by Gasteiger charge is -2.25. The van der Waals surface area contributed by atoms with Gasteiger partial charge in [-0.2, -0.15) is 5.10 Å². The van der Waals surface area contributed by atoms with E-state index in [1.54, 1.807) is 4.68 Å². The van der Waals surface area contributed by atoms with Gasteiger partial charge in [0.05, 0.1) is 22.8 Å². The topological polar surface area (TPSA) is 58.4 Å². The summed E-state index contributed by atoms with van der Waals surface area (Å²) >= 11 is 6.31. The Bertz CT molecular complexity index is 443. The maximum Gasteiger partial charge on any atom is 0.304 e. The highest BCUT2D eigenvalue weighted by molar-refractivity contribution is 6.31. The van der Waals surface area contributed by atoms with Crippen molar-refractivity contribution in [2.45, 2.75) is 46.2 Å². The average molecular weight is 288 g/mol. The van der Waals surface area contributed by atoms with Crippen LogP contribution < -0.4 is 0 Å². The molecule has 0 saturated heterocycles. The molecule has 1 heterocycles. The van der Waals surface area contributed by atoms with Gasteiger partial charge in [-0.05, 0) is 20.3 Å². The minimum absolute atomic E-state index is 0.133. The molecule has 0 aliphatic heterocycles. The van der Waals surface area contributed by atoms with Crippen LogP contribution in [-0.2, 0) is 24.8 Å². The van der Waals surface area contributed by atoms with Crippen LogP contribution >= 0.6 is 11.6 Å². The Kier molecular flexibility index (Phi) is 5.82. The van der Waals surface area contributed by atoms with Crippen LogP contribution in [0.15, 0.2) is 0 Å². The molecule has 19 heavy (non-hydrogen) atoms. The van der Waals surface area contributed by atoms with Crippen molar-refractivity contribution in [3.05, 3.63) is 16.4 Å². The second-order valence-corrected chi connectivity index (χ2v) is 5.27. The molecule has 1 rings (SSSR count). The summed E-state index contributed by atoms with van der Waals surface area (Å²) in [6.45, 7) is 7.24. The molecule has 1 N–H and O–H groups in total. The minimum Gasteiger partial charge on any atom is -0.481 e. The zero-order valence-corrected chi connectivity index (χ0v) is 12.7. The van der Waals surface area contributed by atoms with Gasteiger partial charge in [-0.1, -0.05) is 18.5 Å². The molecule has 0 aliphatic carbocycles. The van der Waals surface area contributed by atoms with Crippen molar-refractivity contribution >= 4 is 17.6 Å². The quantitative estimate of drug-likeness (QED) is 0.836. The van der Waals surface area contributed by atoms with Crippen LogP contribution in [0, 0.1) is 0 Å². The number of halogens is 1. The lowest BCUT2D eigenvalue weighted by Crippen LogP contribution is -2.33. The fraction of sp³-hybridized carbons (Fsp3) is 0.692. The first-order valence-corrected chi connectivity index (χ1v) is 6.90. The number of rotatable bonds is 7. The van der Waals surface area contributed by atoms with Crippen LogP contribution in [0.1, 0.15) is 38.6 Å². The summed E-state index contributed by atoms with van der Waals surface area (Å²) in [5.74, 6) is -0.781. The lowest BCUT2D eigenvalue weighted by atomic mass is 10.2. The third-order valence-electron chi connectivity index (χ3n) is 3.20. The van der Waals surface area contributed by atoms with E-state index in [4.69, 9.17) is 16.7 Å². The van der Waals surface area contributed by atoms with Gasteiger partial charge in [0, 0.05) is 26.2 Å². The number of hydrogen-bond donors (Lipinski definition) is 1. The molecule has 6 heteroatoms. The number of carbonyl (C=O) groups is 1. The zero-order valence-electron chi connectivity index (χ0n) is 12.0. The Balaban J connectivity index is 2.84. The summed E-state index contributed by atoms with van der Waals surface area (Å²) in [6.07, 6.45) is 0.928. The van der Waals surface area contributed by atoms with Crippen molar-refractivity contribution in [1.82, 2.24) is 14.7 Å². The molecule has 108 valence electrons. The van der Waals surface area contributed by atoms with Crippen LogP contribution in [0.4, 0.5) is 0 Å². The van der Waals surface area contributed by atoms with E-state index in [1.807, 2.05) is 27.8 Å². The van der Waals surface area contributed by atoms with Crippen molar-refractivity contribution < 1.29 is 9.90 Å². The number of aryl methyl sites for hydroxylation is 2. The molecular formula is C13H22ClN3O2. The van der Waals surface area contributed by atoms with E-state index < -0.39 is 5.97 Å². The average Bonchev–Trinajstić information content (AvgIpc) is 2.60. The summed E-state index contributed by atoms with van der Waals surface area (Å²) in [5.41, 5.74) is 1.83. The molecule has 0 radical (unpaired) electrons. The van der Waals surface area contributed by atoms with Crippen molar-refractivity contribution in [3.8, 4) is 0 Å². The number of aliphatic carboxylic acids is 1. The van der Waals surface area contributed by atoms with E-state index in [1.165, 1.54) is 0 Å². The molecule has 5 nitrogen and oxygen atoms in total. The highest BCUT2D eigenvalue weighted by Crippen LogP contribution is 2.23. The predicted octanol–water partition coefficient (Wildman–Crippen LogP) is 2.32. The Morgan fingerprint density at radius 3 is 2.58 bits per heavy atom. The third kappa shape index (κ3) is 4.21. The van der Waals surface area contributed by atoms with Gasteiger partial charge in [0.25, 0.3) is 0 Å². The zero-order chi connectivity index (χ0) is 14.6. The number of hydrogen-bond acceptors (Lipinski definition) is 3. The van der Waals surface area contributed by atoms with Crippen molar-refractivity contribution in [2.24, 2.45) is 7.05 Å². The molecule has 0 saturated carbocycles. The van der Waals surface area contributed by atoms with E-state index >= 15 is 0 Å².